The van der Waals surface area contributed by atoms with Crippen LogP contribution < -0.4 is 15.6 Å². The van der Waals surface area contributed by atoms with E-state index in [0.717, 1.165) is 16.7 Å². The normalized spacial score (nSPS) is 10.9. The number of fused-ring (bicyclic) bond motifs is 1. The molecule has 0 fully saturated rings. The fraction of sp³-hybridized carbons (Fsp3) is 0.160. The summed E-state index contributed by atoms with van der Waals surface area (Å²) in [4.78, 5) is 31.4. The molecule has 4 aromatic rings. The van der Waals surface area contributed by atoms with Gasteiger partial charge in [-0.3, -0.25) is 14.2 Å². The Morgan fingerprint density at radius 2 is 2.06 bits per heavy atom. The molecule has 0 aliphatic heterocycles. The first-order valence-electron chi connectivity index (χ1n) is 10.4. The van der Waals surface area contributed by atoms with Crippen molar-refractivity contribution in [3.8, 4) is 16.9 Å². The van der Waals surface area contributed by atoms with Crippen LogP contribution in [0.15, 0.2) is 70.5 Å². The second kappa shape index (κ2) is 10.5. The number of hydrogen-bond acceptors (Lipinski definition) is 6. The fourth-order valence-electron chi connectivity index (χ4n) is 3.45. The largest absolute Gasteiger partial charge is 0.495 e. The molecule has 9 heteroatoms. The molecule has 0 unspecified atom stereocenters. The quantitative estimate of drug-likeness (QED) is 0.178. The van der Waals surface area contributed by atoms with Crippen molar-refractivity contribution in [2.45, 2.75) is 18.6 Å². The molecule has 1 amide bonds. The topological polar surface area (TPSA) is 73.2 Å². The molecule has 0 saturated carbocycles. The van der Waals surface area contributed by atoms with Crippen LogP contribution in [0.25, 0.3) is 21.3 Å². The van der Waals surface area contributed by atoms with E-state index in [4.69, 9.17) is 21.3 Å². The minimum absolute atomic E-state index is 0.0565. The van der Waals surface area contributed by atoms with Gasteiger partial charge in [-0.15, -0.1) is 17.9 Å². The molecule has 0 aliphatic rings. The first-order valence-corrected chi connectivity index (χ1v) is 12.6. The number of carbonyl (C=O) groups is 1. The number of thioether (sulfide) groups is 1. The number of methoxy groups -OCH3 is 1. The van der Waals surface area contributed by atoms with Gasteiger partial charge in [0.2, 0.25) is 5.91 Å². The van der Waals surface area contributed by atoms with E-state index in [1.165, 1.54) is 30.2 Å². The van der Waals surface area contributed by atoms with Crippen molar-refractivity contribution in [2.75, 3.05) is 18.2 Å². The number of nitrogens with one attached hydrogen (secondary N) is 1. The first-order chi connectivity index (χ1) is 16.4. The molecule has 0 atom stereocenters. The number of halogens is 1. The van der Waals surface area contributed by atoms with Gasteiger partial charge in [0.05, 0.1) is 23.9 Å². The monoisotopic (exact) mass is 511 g/mol. The highest BCUT2D eigenvalue weighted by atomic mass is 35.5. The molecule has 0 radical (unpaired) electrons. The van der Waals surface area contributed by atoms with E-state index in [1.807, 2.05) is 36.6 Å². The van der Waals surface area contributed by atoms with Crippen LogP contribution >= 0.6 is 34.7 Å². The van der Waals surface area contributed by atoms with E-state index < -0.39 is 0 Å². The van der Waals surface area contributed by atoms with Crippen molar-refractivity contribution in [3.05, 3.63) is 81.4 Å². The third-order valence-corrected chi connectivity index (χ3v) is 7.18. The number of nitrogens with zero attached hydrogens (tertiary/aromatic N) is 2. The summed E-state index contributed by atoms with van der Waals surface area (Å²) in [7, 11) is 1.52. The van der Waals surface area contributed by atoms with Gasteiger partial charge in [-0.2, -0.15) is 0 Å². The predicted octanol–water partition coefficient (Wildman–Crippen LogP) is 6.01. The number of rotatable bonds is 8. The molecule has 1 N–H and O–H groups in total. The summed E-state index contributed by atoms with van der Waals surface area (Å²) in [6.07, 6.45) is 1.65. The Morgan fingerprint density at radius 1 is 1.29 bits per heavy atom. The summed E-state index contributed by atoms with van der Waals surface area (Å²) in [6, 6.07) is 13.0. The summed E-state index contributed by atoms with van der Waals surface area (Å²) >= 11 is 8.65. The Kier molecular flexibility index (Phi) is 7.41. The number of amides is 1. The lowest BCUT2D eigenvalue weighted by Crippen LogP contribution is -2.23. The molecule has 4 rings (SSSR count). The first kappa shape index (κ1) is 24.1. The Balaban J connectivity index is 1.63. The van der Waals surface area contributed by atoms with E-state index in [9.17, 15) is 9.59 Å². The molecule has 2 aromatic carbocycles. The molecule has 2 heterocycles. The van der Waals surface area contributed by atoms with Gasteiger partial charge in [0.1, 0.15) is 10.6 Å². The summed E-state index contributed by atoms with van der Waals surface area (Å²) in [5, 5.41) is 6.28. The van der Waals surface area contributed by atoms with E-state index in [-0.39, 0.29) is 23.8 Å². The van der Waals surface area contributed by atoms with Crippen LogP contribution in [0.2, 0.25) is 5.02 Å². The lowest BCUT2D eigenvalue weighted by molar-refractivity contribution is -0.113. The third kappa shape index (κ3) is 5.04. The molecule has 0 spiro atoms. The van der Waals surface area contributed by atoms with Crippen LogP contribution in [-0.4, -0.2) is 28.3 Å². The summed E-state index contributed by atoms with van der Waals surface area (Å²) in [6.45, 7) is 6.09. The predicted molar refractivity (Wildman–Crippen MR) is 142 cm³/mol. The maximum atomic E-state index is 13.5. The summed E-state index contributed by atoms with van der Waals surface area (Å²) < 4.78 is 6.83. The Bertz CT molecular complexity index is 1430. The van der Waals surface area contributed by atoms with Crippen LogP contribution in [0, 0.1) is 6.92 Å². The fourth-order valence-corrected chi connectivity index (χ4v) is 5.41. The SMILES string of the molecule is C=CCn1c(SCC(=O)Nc2cc(Cl)ccc2OC)nc2scc(-c3ccc(C)cc3)c2c1=O. The van der Waals surface area contributed by atoms with Crippen LogP contribution in [0.1, 0.15) is 5.56 Å². The van der Waals surface area contributed by atoms with Gasteiger partial charge < -0.3 is 10.1 Å². The summed E-state index contributed by atoms with van der Waals surface area (Å²) in [5.41, 5.74) is 3.31. The van der Waals surface area contributed by atoms with Gasteiger partial charge in [-0.25, -0.2) is 4.98 Å². The molecule has 2 aromatic heterocycles. The average Bonchev–Trinajstić information content (AvgIpc) is 3.24. The third-order valence-electron chi connectivity index (χ3n) is 5.10. The smallest absolute Gasteiger partial charge is 0.263 e. The number of aryl methyl sites for hydroxylation is 1. The second-order valence-electron chi connectivity index (χ2n) is 7.48. The average molecular weight is 512 g/mol. The highest BCUT2D eigenvalue weighted by molar-refractivity contribution is 7.99. The van der Waals surface area contributed by atoms with Crippen LogP contribution in [0.4, 0.5) is 5.69 Å². The number of anilines is 1. The van der Waals surface area contributed by atoms with E-state index in [1.54, 1.807) is 28.8 Å². The van der Waals surface area contributed by atoms with Crippen molar-refractivity contribution >= 4 is 56.5 Å². The van der Waals surface area contributed by atoms with Gasteiger partial charge in [-0.1, -0.05) is 59.3 Å². The van der Waals surface area contributed by atoms with Gasteiger partial charge in [0.25, 0.3) is 5.56 Å². The maximum Gasteiger partial charge on any atom is 0.263 e. The number of carbonyl (C=O) groups excluding carboxylic acids is 1. The molecule has 0 bridgehead atoms. The van der Waals surface area contributed by atoms with E-state index in [0.29, 0.717) is 31.8 Å². The van der Waals surface area contributed by atoms with Gasteiger partial charge in [0, 0.05) is 22.5 Å². The molecule has 34 heavy (non-hydrogen) atoms. The zero-order valence-electron chi connectivity index (χ0n) is 18.6. The number of aromatic nitrogens is 2. The van der Waals surface area contributed by atoms with Gasteiger partial charge >= 0.3 is 0 Å². The van der Waals surface area contributed by atoms with Crippen molar-refractivity contribution in [1.82, 2.24) is 9.55 Å². The van der Waals surface area contributed by atoms with Crippen molar-refractivity contribution in [2.24, 2.45) is 0 Å². The molecular formula is C25H22ClN3O3S2. The van der Waals surface area contributed by atoms with Crippen molar-refractivity contribution in [1.29, 1.82) is 0 Å². The molecular weight excluding hydrogens is 490 g/mol. The van der Waals surface area contributed by atoms with Crippen LogP contribution in [0.3, 0.4) is 0 Å². The van der Waals surface area contributed by atoms with Crippen LogP contribution in [-0.2, 0) is 11.3 Å². The number of benzene rings is 2. The van der Waals surface area contributed by atoms with E-state index in [2.05, 4.69) is 11.9 Å². The zero-order chi connectivity index (χ0) is 24.2. The minimum atomic E-state index is -0.267. The van der Waals surface area contributed by atoms with Crippen molar-refractivity contribution < 1.29 is 9.53 Å². The van der Waals surface area contributed by atoms with Crippen LogP contribution in [0.5, 0.6) is 5.75 Å². The molecule has 0 saturated heterocycles. The molecule has 174 valence electrons. The lowest BCUT2D eigenvalue weighted by Gasteiger charge is -2.12. The molecule has 0 aliphatic carbocycles. The van der Waals surface area contributed by atoms with Crippen molar-refractivity contribution in [3.63, 3.8) is 0 Å². The lowest BCUT2D eigenvalue weighted by atomic mass is 10.1. The maximum absolute atomic E-state index is 13.5. The highest BCUT2D eigenvalue weighted by Gasteiger charge is 2.18. The van der Waals surface area contributed by atoms with Gasteiger partial charge in [-0.05, 0) is 30.7 Å². The molecule has 6 nitrogen and oxygen atoms in total. The number of thiophene rings is 1. The zero-order valence-corrected chi connectivity index (χ0v) is 21.0. The Labute approximate surface area is 210 Å². The number of allylic oxidation sites excluding steroid dienone is 1. The highest BCUT2D eigenvalue weighted by Crippen LogP contribution is 2.33. The standard InChI is InChI=1S/C25H22ClN3O3S2/c1-4-11-29-24(31)22-18(16-7-5-15(2)6-8-16)13-33-23(22)28-25(29)34-14-21(30)27-19-12-17(26)9-10-20(19)32-3/h4-10,12-13H,1,11,14H2,2-3H3,(H,27,30). The second-order valence-corrected chi connectivity index (χ2v) is 9.71. The Morgan fingerprint density at radius 3 is 2.76 bits per heavy atom. The number of ether oxygens (including phenoxy) is 1. The Hall–Kier alpha value is -3.07. The van der Waals surface area contributed by atoms with Gasteiger partial charge in [0.15, 0.2) is 5.16 Å². The van der Waals surface area contributed by atoms with E-state index >= 15 is 0 Å². The minimum Gasteiger partial charge on any atom is -0.495 e. The summed E-state index contributed by atoms with van der Waals surface area (Å²) in [5.74, 6) is 0.297. The number of hydrogen-bond donors (Lipinski definition) is 1.